The molecule has 30 heavy (non-hydrogen) atoms. The Balaban J connectivity index is 0.00000320. The largest absolute Gasteiger partial charge is 0.309 e. The van der Waals surface area contributed by atoms with Gasteiger partial charge in [-0.3, -0.25) is 9.69 Å². The van der Waals surface area contributed by atoms with Crippen molar-refractivity contribution < 1.29 is 4.79 Å². The Morgan fingerprint density at radius 3 is 2.57 bits per heavy atom. The molecule has 1 aromatic heterocycles. The smallest absolute Gasteiger partial charge is 0.261 e. The van der Waals surface area contributed by atoms with Crippen molar-refractivity contribution in [1.82, 2.24) is 9.88 Å². The summed E-state index contributed by atoms with van der Waals surface area (Å²) in [4.78, 5) is 23.5. The number of nitrogens with zero attached hydrogens (tertiary/aromatic N) is 3. The first kappa shape index (κ1) is 24.7. The fraction of sp³-hybridized carbons (Fsp3) is 0.391. The molecule has 162 valence electrons. The van der Waals surface area contributed by atoms with E-state index in [0.29, 0.717) is 6.54 Å². The maximum Gasteiger partial charge on any atom is 0.261 e. The molecule has 0 saturated carbocycles. The number of hydrogen-bond acceptors (Lipinski definition) is 5. The minimum atomic E-state index is 0. The van der Waals surface area contributed by atoms with Crippen LogP contribution in [-0.2, 0) is 0 Å². The van der Waals surface area contributed by atoms with E-state index >= 15 is 0 Å². The van der Waals surface area contributed by atoms with Gasteiger partial charge in [0.15, 0.2) is 5.13 Å². The number of benzene rings is 2. The van der Waals surface area contributed by atoms with Gasteiger partial charge >= 0.3 is 0 Å². The van der Waals surface area contributed by atoms with E-state index < -0.39 is 0 Å². The van der Waals surface area contributed by atoms with Crippen LogP contribution in [0.1, 0.15) is 34.8 Å². The molecular weight excluding hydrogens is 434 g/mol. The van der Waals surface area contributed by atoms with Gasteiger partial charge in [-0.25, -0.2) is 4.98 Å². The van der Waals surface area contributed by atoms with Crippen LogP contribution in [0.25, 0.3) is 10.2 Å². The summed E-state index contributed by atoms with van der Waals surface area (Å²) in [5.74, 6) is 0.971. The predicted molar refractivity (Wildman–Crippen MR) is 134 cm³/mol. The van der Waals surface area contributed by atoms with E-state index in [1.165, 1.54) is 11.1 Å². The minimum absolute atomic E-state index is 0. The van der Waals surface area contributed by atoms with Gasteiger partial charge in [0.05, 0.1) is 15.8 Å². The van der Waals surface area contributed by atoms with Gasteiger partial charge in [-0.1, -0.05) is 36.5 Å². The lowest BCUT2D eigenvalue weighted by Crippen LogP contribution is -2.33. The van der Waals surface area contributed by atoms with Gasteiger partial charge in [0, 0.05) is 11.4 Å². The Kier molecular flexibility index (Phi) is 9.16. The van der Waals surface area contributed by atoms with Gasteiger partial charge in [0.1, 0.15) is 0 Å². The molecule has 0 bridgehead atoms. The summed E-state index contributed by atoms with van der Waals surface area (Å²) in [6.45, 7) is 7.89. The predicted octanol–water partition coefficient (Wildman–Crippen LogP) is 6.05. The zero-order valence-corrected chi connectivity index (χ0v) is 20.7. The van der Waals surface area contributed by atoms with Crippen molar-refractivity contribution in [3.63, 3.8) is 0 Å². The standard InChI is InChI=1S/C23H29N3OS2.ClH/c1-6-28-20-11-8-7-10-18(20)22(27)26(13-9-12-25(4)5)23-24-19-15-16(2)14-17(3)21(19)29-23;/h7-8,10-11,14-15H,6,9,12-13H2,1-5H3;1H. The minimum Gasteiger partial charge on any atom is -0.309 e. The third kappa shape index (κ3) is 5.76. The number of aryl methyl sites for hydroxylation is 2. The number of fused-ring (bicyclic) bond motifs is 1. The molecule has 0 N–H and O–H groups in total. The van der Waals surface area contributed by atoms with Gasteiger partial charge in [-0.05, 0) is 76.0 Å². The van der Waals surface area contributed by atoms with Crippen LogP contribution in [0.2, 0.25) is 0 Å². The number of amides is 1. The number of thiazole rings is 1. The van der Waals surface area contributed by atoms with Crippen LogP contribution in [0, 0.1) is 13.8 Å². The van der Waals surface area contributed by atoms with Crippen molar-refractivity contribution in [2.45, 2.75) is 32.1 Å². The first-order valence-electron chi connectivity index (χ1n) is 9.97. The molecule has 0 fully saturated rings. The van der Waals surface area contributed by atoms with Crippen LogP contribution in [0.5, 0.6) is 0 Å². The van der Waals surface area contributed by atoms with Crippen molar-refractivity contribution in [3.05, 3.63) is 53.1 Å². The number of thioether (sulfide) groups is 1. The molecular formula is C23H30ClN3OS2. The molecule has 0 atom stereocenters. The quantitative estimate of drug-likeness (QED) is 0.381. The van der Waals surface area contributed by atoms with Crippen molar-refractivity contribution in [2.75, 3.05) is 37.8 Å². The summed E-state index contributed by atoms with van der Waals surface area (Å²) in [6.07, 6.45) is 0.899. The summed E-state index contributed by atoms with van der Waals surface area (Å²) in [7, 11) is 4.12. The van der Waals surface area contributed by atoms with Gasteiger partial charge < -0.3 is 4.90 Å². The molecule has 0 spiro atoms. The van der Waals surface area contributed by atoms with Crippen LogP contribution in [0.15, 0.2) is 41.3 Å². The number of rotatable bonds is 8. The third-order valence-electron chi connectivity index (χ3n) is 4.69. The Labute approximate surface area is 194 Å². The molecule has 4 nitrogen and oxygen atoms in total. The second-order valence-electron chi connectivity index (χ2n) is 7.47. The zero-order valence-electron chi connectivity index (χ0n) is 18.3. The average molecular weight is 464 g/mol. The molecule has 0 aliphatic heterocycles. The summed E-state index contributed by atoms with van der Waals surface area (Å²) in [5, 5.41) is 0.786. The normalized spacial score (nSPS) is 11.0. The van der Waals surface area contributed by atoms with E-state index in [0.717, 1.165) is 44.5 Å². The zero-order chi connectivity index (χ0) is 21.0. The molecule has 3 rings (SSSR count). The maximum absolute atomic E-state index is 13.6. The number of carbonyl (C=O) groups excluding carboxylic acids is 1. The van der Waals surface area contributed by atoms with E-state index in [-0.39, 0.29) is 18.3 Å². The Hall–Kier alpha value is -1.60. The van der Waals surface area contributed by atoms with E-state index in [9.17, 15) is 4.79 Å². The van der Waals surface area contributed by atoms with Gasteiger partial charge in [0.2, 0.25) is 0 Å². The fourth-order valence-electron chi connectivity index (χ4n) is 3.38. The number of carbonyl (C=O) groups is 1. The maximum atomic E-state index is 13.6. The van der Waals surface area contributed by atoms with Gasteiger partial charge in [-0.2, -0.15) is 0 Å². The van der Waals surface area contributed by atoms with Crippen LogP contribution >= 0.6 is 35.5 Å². The first-order valence-corrected chi connectivity index (χ1v) is 11.8. The van der Waals surface area contributed by atoms with Crippen molar-refractivity contribution in [3.8, 4) is 0 Å². The van der Waals surface area contributed by atoms with E-state index in [2.05, 4.69) is 51.9 Å². The highest BCUT2D eigenvalue weighted by Crippen LogP contribution is 2.34. The molecule has 0 unspecified atom stereocenters. The molecule has 2 aromatic carbocycles. The first-order chi connectivity index (χ1) is 13.9. The topological polar surface area (TPSA) is 36.4 Å². The van der Waals surface area contributed by atoms with Gasteiger partial charge in [-0.15, -0.1) is 24.2 Å². The lowest BCUT2D eigenvalue weighted by Gasteiger charge is -2.22. The van der Waals surface area contributed by atoms with E-state index in [1.807, 2.05) is 29.2 Å². The second kappa shape index (κ2) is 11.1. The molecule has 0 aliphatic carbocycles. The number of aromatic nitrogens is 1. The molecule has 0 aliphatic rings. The Morgan fingerprint density at radius 2 is 1.87 bits per heavy atom. The number of hydrogen-bond donors (Lipinski definition) is 0. The highest BCUT2D eigenvalue weighted by molar-refractivity contribution is 7.99. The van der Waals surface area contributed by atoms with E-state index in [4.69, 9.17) is 4.98 Å². The average Bonchev–Trinajstić information content (AvgIpc) is 3.09. The molecule has 7 heteroatoms. The summed E-state index contributed by atoms with van der Waals surface area (Å²) in [5.41, 5.74) is 4.15. The van der Waals surface area contributed by atoms with Crippen LogP contribution in [-0.4, -0.2) is 48.7 Å². The van der Waals surface area contributed by atoms with Crippen molar-refractivity contribution in [1.29, 1.82) is 0 Å². The third-order valence-corrected chi connectivity index (χ3v) is 6.87. The molecule has 1 amide bonds. The number of anilines is 1. The summed E-state index contributed by atoms with van der Waals surface area (Å²) < 4.78 is 1.16. The van der Waals surface area contributed by atoms with Gasteiger partial charge in [0.25, 0.3) is 5.91 Å². The van der Waals surface area contributed by atoms with Crippen molar-refractivity contribution in [2.24, 2.45) is 0 Å². The second-order valence-corrected chi connectivity index (χ2v) is 9.75. The Morgan fingerprint density at radius 1 is 1.13 bits per heavy atom. The van der Waals surface area contributed by atoms with Crippen LogP contribution in [0.3, 0.4) is 0 Å². The molecule has 0 radical (unpaired) electrons. The molecule has 0 saturated heterocycles. The van der Waals surface area contributed by atoms with Crippen molar-refractivity contribution >= 4 is 56.8 Å². The lowest BCUT2D eigenvalue weighted by molar-refractivity contribution is 0.0983. The number of halogens is 1. The monoisotopic (exact) mass is 463 g/mol. The SMILES string of the molecule is CCSc1ccccc1C(=O)N(CCCN(C)C)c1nc2cc(C)cc(C)c2s1.Cl. The van der Waals surface area contributed by atoms with Crippen LogP contribution < -0.4 is 4.90 Å². The summed E-state index contributed by atoms with van der Waals surface area (Å²) in [6, 6.07) is 12.2. The molecule has 1 heterocycles. The van der Waals surface area contributed by atoms with E-state index in [1.54, 1.807) is 23.1 Å². The Bertz CT molecular complexity index is 1000. The highest BCUT2D eigenvalue weighted by atomic mass is 35.5. The fourth-order valence-corrected chi connectivity index (χ4v) is 5.22. The molecule has 3 aromatic rings. The lowest BCUT2D eigenvalue weighted by atomic mass is 10.1. The highest BCUT2D eigenvalue weighted by Gasteiger charge is 2.23. The van der Waals surface area contributed by atoms with Crippen LogP contribution in [0.4, 0.5) is 5.13 Å². The summed E-state index contributed by atoms with van der Waals surface area (Å²) >= 11 is 3.32.